The van der Waals surface area contributed by atoms with E-state index in [1.807, 2.05) is 30.6 Å². The average molecular weight is 268 g/mol. The first kappa shape index (κ1) is 12.4. The molecule has 1 aromatic carbocycles. The summed E-state index contributed by atoms with van der Waals surface area (Å²) in [6.07, 6.45) is 0. The zero-order valence-corrected chi connectivity index (χ0v) is 11.1. The van der Waals surface area contributed by atoms with E-state index in [2.05, 4.69) is 17.4 Å². The van der Waals surface area contributed by atoms with Crippen molar-refractivity contribution in [1.82, 2.24) is 5.32 Å². The molecule has 0 radical (unpaired) electrons. The number of benzene rings is 1. The molecule has 2 aromatic rings. The van der Waals surface area contributed by atoms with Crippen molar-refractivity contribution in [2.24, 2.45) is 0 Å². The molecule has 0 aliphatic heterocycles. The average Bonchev–Trinajstić information content (AvgIpc) is 2.75. The van der Waals surface area contributed by atoms with Gasteiger partial charge in [0.25, 0.3) is 0 Å². The Hall–Kier alpha value is -1.03. The Labute approximate surface area is 110 Å². The Kier molecular flexibility index (Phi) is 4.42. The van der Waals surface area contributed by atoms with E-state index in [1.54, 1.807) is 11.3 Å². The van der Waals surface area contributed by atoms with Gasteiger partial charge in [-0.2, -0.15) is 0 Å². The molecule has 90 valence electrons. The second-order valence-corrected chi connectivity index (χ2v) is 5.06. The zero-order chi connectivity index (χ0) is 12.1. The number of thiophene rings is 1. The lowest BCUT2D eigenvalue weighted by atomic mass is 10.2. The predicted octanol–water partition coefficient (Wildman–Crippen LogP) is 3.70. The van der Waals surface area contributed by atoms with Gasteiger partial charge < -0.3 is 10.1 Å². The molecule has 0 atom stereocenters. The minimum Gasteiger partial charge on any atom is -0.488 e. The van der Waals surface area contributed by atoms with Crippen LogP contribution in [0.3, 0.4) is 0 Å². The van der Waals surface area contributed by atoms with Gasteiger partial charge in [-0.15, -0.1) is 11.3 Å². The minimum absolute atomic E-state index is 0.530. The number of rotatable bonds is 5. The SMILES string of the molecule is CNCc1ccc(OCc2sccc2Cl)cc1. The van der Waals surface area contributed by atoms with Crippen molar-refractivity contribution in [2.75, 3.05) is 7.05 Å². The standard InChI is InChI=1S/C13H14ClNOS/c1-15-8-10-2-4-11(5-3-10)16-9-13-12(14)6-7-17-13/h2-7,15H,8-9H2,1H3. The highest BCUT2D eigenvalue weighted by molar-refractivity contribution is 7.10. The molecular formula is C13H14ClNOS. The maximum atomic E-state index is 5.99. The van der Waals surface area contributed by atoms with E-state index in [-0.39, 0.29) is 0 Å². The topological polar surface area (TPSA) is 21.3 Å². The number of hydrogen-bond donors (Lipinski definition) is 1. The molecule has 0 amide bonds. The third-order valence-corrected chi connectivity index (χ3v) is 3.73. The van der Waals surface area contributed by atoms with Gasteiger partial charge in [-0.05, 0) is 36.2 Å². The summed E-state index contributed by atoms with van der Waals surface area (Å²) in [6, 6.07) is 9.97. The fourth-order valence-electron chi connectivity index (χ4n) is 1.48. The van der Waals surface area contributed by atoms with Crippen LogP contribution < -0.4 is 10.1 Å². The zero-order valence-electron chi connectivity index (χ0n) is 9.57. The lowest BCUT2D eigenvalue weighted by Crippen LogP contribution is -2.04. The van der Waals surface area contributed by atoms with E-state index in [0.717, 1.165) is 22.2 Å². The largest absolute Gasteiger partial charge is 0.488 e. The second kappa shape index (κ2) is 6.05. The number of halogens is 1. The van der Waals surface area contributed by atoms with Crippen molar-refractivity contribution in [1.29, 1.82) is 0 Å². The van der Waals surface area contributed by atoms with E-state index >= 15 is 0 Å². The van der Waals surface area contributed by atoms with E-state index in [9.17, 15) is 0 Å². The van der Waals surface area contributed by atoms with Crippen molar-refractivity contribution < 1.29 is 4.74 Å². The first-order chi connectivity index (χ1) is 8.29. The maximum absolute atomic E-state index is 5.99. The van der Waals surface area contributed by atoms with Gasteiger partial charge in [-0.25, -0.2) is 0 Å². The van der Waals surface area contributed by atoms with Crippen LogP contribution >= 0.6 is 22.9 Å². The van der Waals surface area contributed by atoms with Crippen LogP contribution in [0.4, 0.5) is 0 Å². The first-order valence-corrected chi connectivity index (χ1v) is 6.63. The van der Waals surface area contributed by atoms with Gasteiger partial charge in [0.1, 0.15) is 12.4 Å². The molecular weight excluding hydrogens is 254 g/mol. The molecule has 0 spiro atoms. The summed E-state index contributed by atoms with van der Waals surface area (Å²) >= 11 is 7.61. The Morgan fingerprint density at radius 1 is 1.24 bits per heavy atom. The van der Waals surface area contributed by atoms with Crippen molar-refractivity contribution in [3.8, 4) is 5.75 Å². The summed E-state index contributed by atoms with van der Waals surface area (Å²) in [5.74, 6) is 0.870. The molecule has 0 fully saturated rings. The summed E-state index contributed by atoms with van der Waals surface area (Å²) in [7, 11) is 1.93. The van der Waals surface area contributed by atoms with Gasteiger partial charge in [-0.3, -0.25) is 0 Å². The Morgan fingerprint density at radius 2 is 2.00 bits per heavy atom. The van der Waals surface area contributed by atoms with Crippen LogP contribution in [0.2, 0.25) is 5.02 Å². The van der Waals surface area contributed by atoms with Gasteiger partial charge in [0.05, 0.1) is 9.90 Å². The van der Waals surface area contributed by atoms with Crippen LogP contribution in [-0.4, -0.2) is 7.05 Å². The van der Waals surface area contributed by atoms with Gasteiger partial charge in [0.15, 0.2) is 0 Å². The van der Waals surface area contributed by atoms with Crippen LogP contribution in [0.25, 0.3) is 0 Å². The van der Waals surface area contributed by atoms with Crippen molar-refractivity contribution in [3.63, 3.8) is 0 Å². The van der Waals surface area contributed by atoms with Crippen LogP contribution in [0.15, 0.2) is 35.7 Å². The molecule has 4 heteroatoms. The molecule has 17 heavy (non-hydrogen) atoms. The smallest absolute Gasteiger partial charge is 0.124 e. The highest BCUT2D eigenvalue weighted by Crippen LogP contribution is 2.23. The summed E-state index contributed by atoms with van der Waals surface area (Å²) < 4.78 is 5.67. The maximum Gasteiger partial charge on any atom is 0.124 e. The van der Waals surface area contributed by atoms with Crippen molar-refractivity contribution >= 4 is 22.9 Å². The van der Waals surface area contributed by atoms with Crippen LogP contribution in [-0.2, 0) is 13.2 Å². The van der Waals surface area contributed by atoms with Crippen LogP contribution in [0, 0.1) is 0 Å². The van der Waals surface area contributed by atoms with Crippen LogP contribution in [0.5, 0.6) is 5.75 Å². The molecule has 2 rings (SSSR count). The Bertz CT molecular complexity index is 467. The van der Waals surface area contributed by atoms with E-state index in [4.69, 9.17) is 16.3 Å². The van der Waals surface area contributed by atoms with E-state index in [1.165, 1.54) is 5.56 Å². The van der Waals surface area contributed by atoms with Crippen LogP contribution in [0.1, 0.15) is 10.4 Å². The molecule has 1 heterocycles. The molecule has 0 aliphatic carbocycles. The lowest BCUT2D eigenvalue weighted by molar-refractivity contribution is 0.310. The molecule has 1 aromatic heterocycles. The lowest BCUT2D eigenvalue weighted by Gasteiger charge is -2.06. The summed E-state index contributed by atoms with van der Waals surface area (Å²) in [5, 5.41) is 5.86. The third-order valence-electron chi connectivity index (χ3n) is 2.37. The molecule has 0 unspecified atom stereocenters. The van der Waals surface area contributed by atoms with Gasteiger partial charge >= 0.3 is 0 Å². The fourth-order valence-corrected chi connectivity index (χ4v) is 2.49. The molecule has 0 saturated heterocycles. The van der Waals surface area contributed by atoms with Gasteiger partial charge in [-0.1, -0.05) is 23.7 Å². The van der Waals surface area contributed by atoms with Gasteiger partial charge in [0, 0.05) is 6.54 Å². The molecule has 0 bridgehead atoms. The summed E-state index contributed by atoms with van der Waals surface area (Å²) in [4.78, 5) is 1.06. The minimum atomic E-state index is 0.530. The van der Waals surface area contributed by atoms with Crippen molar-refractivity contribution in [3.05, 3.63) is 51.2 Å². The highest BCUT2D eigenvalue weighted by atomic mass is 35.5. The monoisotopic (exact) mass is 267 g/mol. The third kappa shape index (κ3) is 3.46. The molecule has 1 N–H and O–H groups in total. The molecule has 0 saturated carbocycles. The fraction of sp³-hybridized carbons (Fsp3) is 0.231. The van der Waals surface area contributed by atoms with Crippen molar-refractivity contribution in [2.45, 2.75) is 13.2 Å². The quantitative estimate of drug-likeness (QED) is 0.892. The Morgan fingerprint density at radius 3 is 2.59 bits per heavy atom. The van der Waals surface area contributed by atoms with Gasteiger partial charge in [0.2, 0.25) is 0 Å². The highest BCUT2D eigenvalue weighted by Gasteiger charge is 2.02. The summed E-state index contributed by atoms with van der Waals surface area (Å²) in [5.41, 5.74) is 1.24. The summed E-state index contributed by atoms with van der Waals surface area (Å²) in [6.45, 7) is 1.40. The molecule has 0 aliphatic rings. The first-order valence-electron chi connectivity index (χ1n) is 5.38. The normalized spacial score (nSPS) is 10.5. The molecule has 2 nitrogen and oxygen atoms in total. The number of nitrogens with one attached hydrogen (secondary N) is 1. The predicted molar refractivity (Wildman–Crippen MR) is 72.9 cm³/mol. The Balaban J connectivity index is 1.93. The van der Waals surface area contributed by atoms with E-state index in [0.29, 0.717) is 6.61 Å². The number of hydrogen-bond acceptors (Lipinski definition) is 3. The van der Waals surface area contributed by atoms with E-state index < -0.39 is 0 Å². The number of ether oxygens (including phenoxy) is 1. The second-order valence-electron chi connectivity index (χ2n) is 3.65.